The molecule has 1 heterocycles. The standard InChI is InChI=1S/C14H23N3O4/c1-9(13(18)19)6-5-7-10(2)15-14-16-11(20-3)8-12(17-14)21-4/h8-10H,5-7H2,1-4H3,(H,18,19)(H,15,16,17). The molecule has 0 spiro atoms. The van der Waals surface area contributed by atoms with E-state index in [0.717, 1.165) is 12.8 Å². The van der Waals surface area contributed by atoms with Crippen LogP contribution >= 0.6 is 0 Å². The normalized spacial score (nSPS) is 13.3. The number of anilines is 1. The Morgan fingerprint density at radius 3 is 2.29 bits per heavy atom. The molecule has 21 heavy (non-hydrogen) atoms. The summed E-state index contributed by atoms with van der Waals surface area (Å²) in [5.74, 6) is 0.221. The van der Waals surface area contributed by atoms with Gasteiger partial charge in [0.05, 0.1) is 26.2 Å². The third kappa shape index (κ3) is 5.85. The van der Waals surface area contributed by atoms with Crippen LogP contribution in [0.2, 0.25) is 0 Å². The maximum atomic E-state index is 10.7. The van der Waals surface area contributed by atoms with Crippen LogP contribution in [0.5, 0.6) is 11.8 Å². The molecule has 0 aromatic carbocycles. The minimum Gasteiger partial charge on any atom is -0.481 e. The molecule has 1 aromatic heterocycles. The summed E-state index contributed by atoms with van der Waals surface area (Å²) >= 11 is 0. The van der Waals surface area contributed by atoms with Crippen LogP contribution < -0.4 is 14.8 Å². The Morgan fingerprint density at radius 2 is 1.81 bits per heavy atom. The number of nitrogens with zero attached hydrogens (tertiary/aromatic N) is 2. The topological polar surface area (TPSA) is 93.6 Å². The van der Waals surface area contributed by atoms with Crippen LogP contribution in [-0.4, -0.2) is 41.3 Å². The van der Waals surface area contributed by atoms with Gasteiger partial charge in [-0.3, -0.25) is 4.79 Å². The van der Waals surface area contributed by atoms with Crippen molar-refractivity contribution in [2.24, 2.45) is 5.92 Å². The zero-order valence-corrected chi connectivity index (χ0v) is 12.9. The number of carboxylic acid groups (broad SMARTS) is 1. The Kier molecular flexibility index (Phi) is 6.71. The van der Waals surface area contributed by atoms with Gasteiger partial charge in [-0.15, -0.1) is 0 Å². The minimum absolute atomic E-state index is 0.128. The van der Waals surface area contributed by atoms with Crippen molar-refractivity contribution in [3.63, 3.8) is 0 Å². The van der Waals surface area contributed by atoms with Crippen molar-refractivity contribution in [1.82, 2.24) is 9.97 Å². The zero-order valence-electron chi connectivity index (χ0n) is 12.9. The highest BCUT2D eigenvalue weighted by Gasteiger charge is 2.12. The fraction of sp³-hybridized carbons (Fsp3) is 0.643. The largest absolute Gasteiger partial charge is 0.481 e. The predicted octanol–water partition coefficient (Wildman–Crippen LogP) is 2.19. The smallest absolute Gasteiger partial charge is 0.306 e. The Morgan fingerprint density at radius 1 is 1.24 bits per heavy atom. The SMILES string of the molecule is COc1cc(OC)nc(NC(C)CCCC(C)C(=O)O)n1. The average molecular weight is 297 g/mol. The van der Waals surface area contributed by atoms with Gasteiger partial charge in [-0.1, -0.05) is 13.3 Å². The molecule has 0 fully saturated rings. The molecule has 118 valence electrons. The monoisotopic (exact) mass is 297 g/mol. The van der Waals surface area contributed by atoms with Crippen molar-refractivity contribution in [2.75, 3.05) is 19.5 Å². The van der Waals surface area contributed by atoms with Crippen LogP contribution in [0.1, 0.15) is 33.1 Å². The minimum atomic E-state index is -0.753. The molecule has 0 saturated heterocycles. The number of rotatable bonds is 9. The highest BCUT2D eigenvalue weighted by molar-refractivity contribution is 5.69. The lowest BCUT2D eigenvalue weighted by Gasteiger charge is -2.15. The summed E-state index contributed by atoms with van der Waals surface area (Å²) in [5.41, 5.74) is 0. The summed E-state index contributed by atoms with van der Waals surface area (Å²) in [7, 11) is 3.06. The number of aromatic nitrogens is 2. The second kappa shape index (κ2) is 8.28. The number of hydrogen-bond acceptors (Lipinski definition) is 6. The number of nitrogens with one attached hydrogen (secondary N) is 1. The van der Waals surface area contributed by atoms with Gasteiger partial charge < -0.3 is 19.9 Å². The van der Waals surface area contributed by atoms with Crippen molar-refractivity contribution in [3.05, 3.63) is 6.07 Å². The first-order valence-corrected chi connectivity index (χ1v) is 6.92. The Bertz CT molecular complexity index is 445. The van der Waals surface area contributed by atoms with Crippen molar-refractivity contribution in [1.29, 1.82) is 0 Å². The Hall–Kier alpha value is -2.05. The van der Waals surface area contributed by atoms with Crippen LogP contribution in [-0.2, 0) is 4.79 Å². The molecule has 0 radical (unpaired) electrons. The van der Waals surface area contributed by atoms with Crippen LogP contribution in [0.4, 0.5) is 5.95 Å². The molecule has 0 amide bonds. The molecular formula is C14H23N3O4. The summed E-state index contributed by atoms with van der Waals surface area (Å²) in [6.07, 6.45) is 2.31. The molecule has 2 N–H and O–H groups in total. The molecule has 2 atom stereocenters. The number of ether oxygens (including phenoxy) is 2. The van der Waals surface area contributed by atoms with E-state index in [2.05, 4.69) is 15.3 Å². The van der Waals surface area contributed by atoms with Crippen molar-refractivity contribution < 1.29 is 19.4 Å². The predicted molar refractivity (Wildman–Crippen MR) is 78.9 cm³/mol. The molecule has 0 aliphatic carbocycles. The molecule has 1 rings (SSSR count). The van der Waals surface area contributed by atoms with Gasteiger partial charge in [0, 0.05) is 6.04 Å². The third-order valence-electron chi connectivity index (χ3n) is 3.17. The summed E-state index contributed by atoms with van der Waals surface area (Å²) in [5, 5.41) is 12.0. The van der Waals surface area contributed by atoms with Crippen molar-refractivity contribution >= 4 is 11.9 Å². The van der Waals surface area contributed by atoms with Gasteiger partial charge in [0.25, 0.3) is 0 Å². The first kappa shape index (κ1) is 17.0. The molecule has 7 nitrogen and oxygen atoms in total. The third-order valence-corrected chi connectivity index (χ3v) is 3.17. The maximum Gasteiger partial charge on any atom is 0.306 e. The molecule has 7 heteroatoms. The number of hydrogen-bond donors (Lipinski definition) is 2. The van der Waals surface area contributed by atoms with Gasteiger partial charge in [0.1, 0.15) is 0 Å². The second-order valence-corrected chi connectivity index (χ2v) is 4.99. The van der Waals surface area contributed by atoms with E-state index in [1.807, 2.05) is 6.92 Å². The molecule has 2 unspecified atom stereocenters. The van der Waals surface area contributed by atoms with E-state index in [1.54, 1.807) is 13.0 Å². The quantitative estimate of drug-likeness (QED) is 0.721. The van der Waals surface area contributed by atoms with E-state index >= 15 is 0 Å². The molecular weight excluding hydrogens is 274 g/mol. The van der Waals surface area contributed by atoms with Gasteiger partial charge >= 0.3 is 5.97 Å². The molecule has 0 saturated carbocycles. The van der Waals surface area contributed by atoms with Crippen molar-refractivity contribution in [3.8, 4) is 11.8 Å². The van der Waals surface area contributed by atoms with Crippen LogP contribution in [0.3, 0.4) is 0 Å². The van der Waals surface area contributed by atoms with Gasteiger partial charge in [-0.25, -0.2) is 0 Å². The highest BCUT2D eigenvalue weighted by atomic mass is 16.5. The van der Waals surface area contributed by atoms with Crippen molar-refractivity contribution in [2.45, 2.75) is 39.2 Å². The molecule has 1 aromatic rings. The second-order valence-electron chi connectivity index (χ2n) is 4.99. The van der Waals surface area contributed by atoms with E-state index in [1.165, 1.54) is 14.2 Å². The van der Waals surface area contributed by atoms with E-state index in [0.29, 0.717) is 24.1 Å². The summed E-state index contributed by atoms with van der Waals surface area (Å²) in [4.78, 5) is 19.1. The number of aliphatic carboxylic acids is 1. The van der Waals surface area contributed by atoms with Gasteiger partial charge in [0.2, 0.25) is 17.7 Å². The number of methoxy groups -OCH3 is 2. The maximum absolute atomic E-state index is 10.7. The molecule has 0 aliphatic heterocycles. The van der Waals surface area contributed by atoms with Gasteiger partial charge in [-0.05, 0) is 19.8 Å². The molecule has 0 aliphatic rings. The lowest BCUT2D eigenvalue weighted by Crippen LogP contribution is -2.18. The van der Waals surface area contributed by atoms with Crippen LogP contribution in [0.25, 0.3) is 0 Å². The summed E-state index contributed by atoms with van der Waals surface area (Å²) in [6.45, 7) is 3.72. The number of carboxylic acids is 1. The van der Waals surface area contributed by atoms with E-state index in [4.69, 9.17) is 14.6 Å². The van der Waals surface area contributed by atoms with E-state index in [9.17, 15) is 4.79 Å². The van der Waals surface area contributed by atoms with E-state index < -0.39 is 5.97 Å². The zero-order chi connectivity index (χ0) is 15.8. The van der Waals surface area contributed by atoms with Gasteiger partial charge in [-0.2, -0.15) is 9.97 Å². The first-order chi connectivity index (χ1) is 9.96. The fourth-order valence-electron chi connectivity index (χ4n) is 1.82. The lowest BCUT2D eigenvalue weighted by atomic mass is 10.0. The fourth-order valence-corrected chi connectivity index (χ4v) is 1.82. The highest BCUT2D eigenvalue weighted by Crippen LogP contribution is 2.18. The average Bonchev–Trinajstić information content (AvgIpc) is 2.46. The van der Waals surface area contributed by atoms with Crippen LogP contribution in [0.15, 0.2) is 6.07 Å². The van der Waals surface area contributed by atoms with Crippen LogP contribution in [0, 0.1) is 5.92 Å². The first-order valence-electron chi connectivity index (χ1n) is 6.92. The Labute approximate surface area is 124 Å². The molecule has 0 bridgehead atoms. The summed E-state index contributed by atoms with van der Waals surface area (Å²) < 4.78 is 10.2. The van der Waals surface area contributed by atoms with E-state index in [-0.39, 0.29) is 12.0 Å². The number of carbonyl (C=O) groups is 1. The van der Waals surface area contributed by atoms with Gasteiger partial charge in [0.15, 0.2) is 0 Å². The summed E-state index contributed by atoms with van der Waals surface area (Å²) in [6, 6.07) is 1.73. The Balaban J connectivity index is 2.50. The lowest BCUT2D eigenvalue weighted by molar-refractivity contribution is -0.141.